The smallest absolute Gasteiger partial charge is 0.229 e. The van der Waals surface area contributed by atoms with Gasteiger partial charge < -0.3 is 15.4 Å². The van der Waals surface area contributed by atoms with Crippen molar-refractivity contribution in [3.8, 4) is 5.75 Å². The van der Waals surface area contributed by atoms with Crippen LogP contribution in [-0.4, -0.2) is 16.6 Å². The molecule has 0 aliphatic rings. The van der Waals surface area contributed by atoms with E-state index >= 15 is 0 Å². The molecule has 3 rings (SSSR count). The van der Waals surface area contributed by atoms with Crippen molar-refractivity contribution in [2.75, 3.05) is 17.2 Å². The molecule has 0 bridgehead atoms. The summed E-state index contributed by atoms with van der Waals surface area (Å²) < 4.78 is 5.63. The number of nitrogens with one attached hydrogen (secondary N) is 2. The van der Waals surface area contributed by atoms with Crippen LogP contribution in [0.15, 0.2) is 60.8 Å². The molecule has 0 aliphatic heterocycles. The van der Waals surface area contributed by atoms with Gasteiger partial charge in [-0.15, -0.1) is 0 Å². The Balaban J connectivity index is 1.78. The summed E-state index contributed by atoms with van der Waals surface area (Å²) in [5.74, 6) is 2.04. The summed E-state index contributed by atoms with van der Waals surface area (Å²) >= 11 is 0. The van der Waals surface area contributed by atoms with E-state index in [2.05, 4.69) is 33.6 Å². The van der Waals surface area contributed by atoms with Gasteiger partial charge in [0, 0.05) is 11.9 Å². The van der Waals surface area contributed by atoms with Crippen LogP contribution in [0.5, 0.6) is 5.75 Å². The van der Waals surface area contributed by atoms with E-state index < -0.39 is 0 Å². The molecule has 1 heterocycles. The lowest BCUT2D eigenvalue weighted by molar-refractivity contribution is 0.342. The number of aromatic nitrogens is 2. The number of rotatable bonds is 6. The lowest BCUT2D eigenvalue weighted by Gasteiger charge is -2.12. The Morgan fingerprint density at radius 3 is 2.71 bits per heavy atom. The maximum absolute atomic E-state index is 5.63. The first-order valence-corrected chi connectivity index (χ1v) is 7.90. The molecule has 0 atom stereocenters. The van der Waals surface area contributed by atoms with Crippen LogP contribution in [0, 0.1) is 6.92 Å². The highest BCUT2D eigenvalue weighted by Crippen LogP contribution is 2.27. The highest BCUT2D eigenvalue weighted by molar-refractivity contribution is 5.65. The Bertz CT molecular complexity index is 820. The summed E-state index contributed by atoms with van der Waals surface area (Å²) in [4.78, 5) is 8.78. The summed E-state index contributed by atoms with van der Waals surface area (Å²) in [6, 6.07) is 17.7. The predicted molar refractivity (Wildman–Crippen MR) is 97.4 cm³/mol. The summed E-state index contributed by atoms with van der Waals surface area (Å²) in [5, 5.41) is 6.50. The number of nitrogens with zero attached hydrogens (tertiary/aromatic N) is 2. The molecule has 0 spiro atoms. The van der Waals surface area contributed by atoms with Crippen molar-refractivity contribution in [1.82, 2.24) is 9.97 Å². The number of anilines is 4. The Morgan fingerprint density at radius 2 is 1.88 bits per heavy atom. The molecule has 0 amide bonds. The maximum atomic E-state index is 5.63. The molecule has 0 fully saturated rings. The fourth-order valence-corrected chi connectivity index (χ4v) is 2.33. The lowest BCUT2D eigenvalue weighted by Crippen LogP contribution is -2.02. The van der Waals surface area contributed by atoms with Crippen LogP contribution in [0.25, 0.3) is 0 Å². The number of ether oxygens (including phenoxy) is 1. The third kappa shape index (κ3) is 4.01. The van der Waals surface area contributed by atoms with Gasteiger partial charge in [0.1, 0.15) is 11.6 Å². The summed E-state index contributed by atoms with van der Waals surface area (Å²) in [7, 11) is 0. The van der Waals surface area contributed by atoms with Gasteiger partial charge in [0.15, 0.2) is 0 Å². The number of benzene rings is 2. The van der Waals surface area contributed by atoms with Crippen molar-refractivity contribution in [2.45, 2.75) is 13.8 Å². The van der Waals surface area contributed by atoms with Crippen molar-refractivity contribution in [2.24, 2.45) is 0 Å². The number of para-hydroxylation sites is 2. The van der Waals surface area contributed by atoms with Crippen LogP contribution in [0.1, 0.15) is 12.5 Å². The standard InChI is InChI=1S/C19H20N4O/c1-3-24-17-10-5-4-9-16(17)22-18-11-12-20-19(23-18)21-15-8-6-7-14(2)13-15/h4-13H,3H2,1-2H3,(H2,20,21,22,23). The van der Waals surface area contributed by atoms with E-state index in [0.717, 1.165) is 17.1 Å². The third-order valence-electron chi connectivity index (χ3n) is 3.38. The first-order valence-electron chi connectivity index (χ1n) is 7.90. The Kier molecular flexibility index (Phi) is 4.91. The second-order valence-electron chi connectivity index (χ2n) is 5.31. The fraction of sp³-hybridized carbons (Fsp3) is 0.158. The van der Waals surface area contributed by atoms with Crippen LogP contribution in [0.2, 0.25) is 0 Å². The number of hydrogen-bond acceptors (Lipinski definition) is 5. The van der Waals surface area contributed by atoms with Crippen molar-refractivity contribution in [1.29, 1.82) is 0 Å². The Labute approximate surface area is 141 Å². The van der Waals surface area contributed by atoms with Crippen molar-refractivity contribution in [3.05, 3.63) is 66.4 Å². The first-order chi connectivity index (χ1) is 11.7. The minimum Gasteiger partial charge on any atom is -0.492 e. The second-order valence-corrected chi connectivity index (χ2v) is 5.31. The summed E-state index contributed by atoms with van der Waals surface area (Å²) in [5.41, 5.74) is 3.02. The largest absolute Gasteiger partial charge is 0.492 e. The van der Waals surface area contributed by atoms with E-state index in [1.54, 1.807) is 6.20 Å². The van der Waals surface area contributed by atoms with Gasteiger partial charge in [0.25, 0.3) is 0 Å². The van der Waals surface area contributed by atoms with E-state index in [0.29, 0.717) is 18.4 Å². The fourth-order valence-electron chi connectivity index (χ4n) is 2.33. The quantitative estimate of drug-likeness (QED) is 0.691. The van der Waals surface area contributed by atoms with E-state index in [1.807, 2.05) is 55.5 Å². The molecule has 5 heteroatoms. The van der Waals surface area contributed by atoms with Gasteiger partial charge in [-0.1, -0.05) is 24.3 Å². The molecule has 24 heavy (non-hydrogen) atoms. The molecular weight excluding hydrogens is 300 g/mol. The van der Waals surface area contributed by atoms with E-state index in [4.69, 9.17) is 4.74 Å². The molecular formula is C19H20N4O. The lowest BCUT2D eigenvalue weighted by atomic mass is 10.2. The third-order valence-corrected chi connectivity index (χ3v) is 3.38. The minimum absolute atomic E-state index is 0.541. The molecule has 0 saturated carbocycles. The van der Waals surface area contributed by atoms with E-state index in [1.165, 1.54) is 5.56 Å². The zero-order chi connectivity index (χ0) is 16.8. The average Bonchev–Trinajstić information content (AvgIpc) is 2.57. The van der Waals surface area contributed by atoms with Gasteiger partial charge in [-0.2, -0.15) is 4.98 Å². The number of aryl methyl sites for hydroxylation is 1. The molecule has 0 aliphatic carbocycles. The zero-order valence-corrected chi connectivity index (χ0v) is 13.8. The van der Waals surface area contributed by atoms with Gasteiger partial charge >= 0.3 is 0 Å². The first kappa shape index (κ1) is 15.8. The van der Waals surface area contributed by atoms with Gasteiger partial charge in [0.05, 0.1) is 12.3 Å². The van der Waals surface area contributed by atoms with Crippen LogP contribution >= 0.6 is 0 Å². The van der Waals surface area contributed by atoms with Crippen LogP contribution in [0.4, 0.5) is 23.1 Å². The normalized spacial score (nSPS) is 10.2. The molecule has 0 unspecified atom stereocenters. The van der Waals surface area contributed by atoms with Gasteiger partial charge in [-0.05, 0) is 49.7 Å². The van der Waals surface area contributed by atoms with Crippen molar-refractivity contribution in [3.63, 3.8) is 0 Å². The molecule has 122 valence electrons. The van der Waals surface area contributed by atoms with E-state index in [-0.39, 0.29) is 0 Å². The van der Waals surface area contributed by atoms with Gasteiger partial charge in [0.2, 0.25) is 5.95 Å². The molecule has 1 aromatic heterocycles. The van der Waals surface area contributed by atoms with Crippen molar-refractivity contribution >= 4 is 23.1 Å². The van der Waals surface area contributed by atoms with Crippen LogP contribution in [0.3, 0.4) is 0 Å². The zero-order valence-electron chi connectivity index (χ0n) is 13.8. The molecule has 2 aromatic carbocycles. The van der Waals surface area contributed by atoms with Crippen molar-refractivity contribution < 1.29 is 4.74 Å². The Hall–Kier alpha value is -3.08. The molecule has 0 radical (unpaired) electrons. The van der Waals surface area contributed by atoms with Crippen LogP contribution in [-0.2, 0) is 0 Å². The highest BCUT2D eigenvalue weighted by Gasteiger charge is 2.05. The molecule has 0 saturated heterocycles. The summed E-state index contributed by atoms with van der Waals surface area (Å²) in [6.07, 6.45) is 1.72. The topological polar surface area (TPSA) is 59.1 Å². The maximum Gasteiger partial charge on any atom is 0.229 e. The monoisotopic (exact) mass is 320 g/mol. The average molecular weight is 320 g/mol. The van der Waals surface area contributed by atoms with Gasteiger partial charge in [-0.25, -0.2) is 4.98 Å². The van der Waals surface area contributed by atoms with Crippen LogP contribution < -0.4 is 15.4 Å². The Morgan fingerprint density at radius 1 is 1.00 bits per heavy atom. The molecule has 5 nitrogen and oxygen atoms in total. The predicted octanol–water partition coefficient (Wildman–Crippen LogP) is 4.67. The molecule has 2 N–H and O–H groups in total. The second kappa shape index (κ2) is 7.46. The highest BCUT2D eigenvalue weighted by atomic mass is 16.5. The number of hydrogen-bond donors (Lipinski definition) is 2. The molecule has 3 aromatic rings. The SMILES string of the molecule is CCOc1ccccc1Nc1ccnc(Nc2cccc(C)c2)n1. The summed E-state index contributed by atoms with van der Waals surface area (Å²) in [6.45, 7) is 4.63. The van der Waals surface area contributed by atoms with Gasteiger partial charge in [-0.3, -0.25) is 0 Å². The minimum atomic E-state index is 0.541. The van der Waals surface area contributed by atoms with E-state index in [9.17, 15) is 0 Å².